The van der Waals surface area contributed by atoms with Crippen molar-refractivity contribution in [1.82, 2.24) is 0 Å². The SMILES string of the molecule is CC1(C)[C@@H]2CC[C@]13CS[C@H](c1ccccc1Sc1cccc4ccccc14)O[C@@H]3C2. The molecule has 0 amide bonds. The van der Waals surface area contributed by atoms with Gasteiger partial charge in [0.05, 0.1) is 6.10 Å². The molecule has 2 aliphatic carbocycles. The average Bonchev–Trinajstić information content (AvgIpc) is 3.15. The van der Waals surface area contributed by atoms with Crippen molar-refractivity contribution < 1.29 is 4.74 Å². The van der Waals surface area contributed by atoms with Gasteiger partial charge >= 0.3 is 0 Å². The third kappa shape index (κ3) is 2.75. The van der Waals surface area contributed by atoms with Crippen LogP contribution in [0.3, 0.4) is 0 Å². The van der Waals surface area contributed by atoms with Crippen LogP contribution in [0.25, 0.3) is 10.8 Å². The first-order valence-corrected chi connectivity index (χ1v) is 13.0. The summed E-state index contributed by atoms with van der Waals surface area (Å²) in [6.07, 6.45) is 4.42. The number of fused-ring (bicyclic) bond motifs is 2. The van der Waals surface area contributed by atoms with Gasteiger partial charge in [0.25, 0.3) is 0 Å². The quantitative estimate of drug-likeness (QED) is 0.415. The van der Waals surface area contributed by atoms with E-state index in [4.69, 9.17) is 4.74 Å². The topological polar surface area (TPSA) is 9.23 Å². The van der Waals surface area contributed by atoms with Crippen LogP contribution in [0.5, 0.6) is 0 Å². The molecule has 2 bridgehead atoms. The molecule has 1 saturated heterocycles. The van der Waals surface area contributed by atoms with E-state index in [2.05, 4.69) is 80.6 Å². The lowest BCUT2D eigenvalue weighted by molar-refractivity contribution is -0.0676. The molecule has 30 heavy (non-hydrogen) atoms. The molecule has 1 nitrogen and oxygen atoms in total. The number of hydrogen-bond acceptors (Lipinski definition) is 3. The smallest absolute Gasteiger partial charge is 0.129 e. The number of rotatable bonds is 3. The molecular formula is C27H28OS2. The molecule has 1 heterocycles. The van der Waals surface area contributed by atoms with Crippen molar-refractivity contribution in [3.8, 4) is 0 Å². The lowest BCUT2D eigenvalue weighted by atomic mass is 9.69. The normalized spacial score (nSPS) is 31.7. The van der Waals surface area contributed by atoms with E-state index >= 15 is 0 Å². The van der Waals surface area contributed by atoms with Crippen molar-refractivity contribution in [2.75, 3.05) is 5.75 Å². The Labute approximate surface area is 188 Å². The largest absolute Gasteiger partial charge is 0.359 e. The molecule has 0 radical (unpaired) electrons. The summed E-state index contributed by atoms with van der Waals surface area (Å²) < 4.78 is 6.87. The highest BCUT2D eigenvalue weighted by molar-refractivity contribution is 8.00. The molecule has 0 N–H and O–H groups in total. The lowest BCUT2D eigenvalue weighted by Gasteiger charge is -2.47. The van der Waals surface area contributed by atoms with E-state index in [1.54, 1.807) is 0 Å². The van der Waals surface area contributed by atoms with Gasteiger partial charge in [-0.2, -0.15) is 0 Å². The molecular weight excluding hydrogens is 404 g/mol. The Bertz CT molecular complexity index is 1100. The lowest BCUT2D eigenvalue weighted by Crippen LogP contribution is -2.45. The van der Waals surface area contributed by atoms with E-state index in [0.29, 0.717) is 16.9 Å². The highest BCUT2D eigenvalue weighted by Crippen LogP contribution is 2.70. The second kappa shape index (κ2) is 7.05. The Morgan fingerprint density at radius 1 is 0.933 bits per heavy atom. The first-order chi connectivity index (χ1) is 14.6. The van der Waals surface area contributed by atoms with Crippen molar-refractivity contribution in [3.05, 3.63) is 72.3 Å². The maximum Gasteiger partial charge on any atom is 0.129 e. The van der Waals surface area contributed by atoms with Gasteiger partial charge in [-0.3, -0.25) is 0 Å². The minimum atomic E-state index is 0.148. The predicted octanol–water partition coefficient (Wildman–Crippen LogP) is 7.95. The van der Waals surface area contributed by atoms with Gasteiger partial charge in [0, 0.05) is 26.5 Å². The van der Waals surface area contributed by atoms with Crippen molar-refractivity contribution in [3.63, 3.8) is 0 Å². The highest BCUT2D eigenvalue weighted by atomic mass is 32.2. The van der Waals surface area contributed by atoms with Crippen LogP contribution in [-0.4, -0.2) is 11.9 Å². The Hall–Kier alpha value is -1.42. The fraction of sp³-hybridized carbons (Fsp3) is 0.407. The van der Waals surface area contributed by atoms with E-state index in [1.165, 1.54) is 51.1 Å². The molecule has 3 aromatic rings. The van der Waals surface area contributed by atoms with E-state index in [-0.39, 0.29) is 5.44 Å². The zero-order chi connectivity index (χ0) is 20.3. The molecule has 1 spiro atoms. The second-order valence-corrected chi connectivity index (χ2v) is 11.9. The monoisotopic (exact) mass is 432 g/mol. The summed E-state index contributed by atoms with van der Waals surface area (Å²) in [5.41, 5.74) is 2.30. The van der Waals surface area contributed by atoms with Crippen LogP contribution in [0.2, 0.25) is 0 Å². The number of thioether (sulfide) groups is 1. The van der Waals surface area contributed by atoms with Gasteiger partial charge in [-0.25, -0.2) is 0 Å². The molecule has 3 heteroatoms. The molecule has 2 saturated carbocycles. The van der Waals surface area contributed by atoms with Gasteiger partial charge in [0.15, 0.2) is 0 Å². The van der Waals surface area contributed by atoms with Crippen molar-refractivity contribution in [1.29, 1.82) is 0 Å². The first-order valence-electron chi connectivity index (χ1n) is 11.1. The zero-order valence-electron chi connectivity index (χ0n) is 17.6. The summed E-state index contributed by atoms with van der Waals surface area (Å²) in [4.78, 5) is 2.64. The van der Waals surface area contributed by atoms with Crippen LogP contribution in [0, 0.1) is 16.7 Å². The van der Waals surface area contributed by atoms with Crippen molar-refractivity contribution in [2.24, 2.45) is 16.7 Å². The Morgan fingerprint density at radius 3 is 2.60 bits per heavy atom. The molecule has 3 fully saturated rings. The molecule has 1 aliphatic heterocycles. The second-order valence-electron chi connectivity index (χ2n) is 9.73. The standard InChI is InChI=1S/C27H28OS2/c1-26(2)19-14-15-27(26)17-29-25(28-24(27)16-19)21-11-5-6-12-23(21)30-22-13-7-9-18-8-3-4-10-20(18)22/h3-13,19,24-25H,14-17H2,1-2H3/t19-,24-,25-,27-/m1/s1. The Kier molecular flexibility index (Phi) is 4.53. The third-order valence-electron chi connectivity index (χ3n) is 8.28. The molecule has 0 unspecified atom stereocenters. The minimum absolute atomic E-state index is 0.148. The van der Waals surface area contributed by atoms with Gasteiger partial charge in [0.1, 0.15) is 5.44 Å². The summed E-state index contributed by atoms with van der Waals surface area (Å²) in [6.45, 7) is 5.00. The fourth-order valence-electron chi connectivity index (χ4n) is 6.28. The van der Waals surface area contributed by atoms with E-state index < -0.39 is 0 Å². The van der Waals surface area contributed by atoms with Crippen LogP contribution < -0.4 is 0 Å². The number of benzene rings is 3. The van der Waals surface area contributed by atoms with Crippen molar-refractivity contribution >= 4 is 34.3 Å². The van der Waals surface area contributed by atoms with Crippen LogP contribution >= 0.6 is 23.5 Å². The third-order valence-corrected chi connectivity index (χ3v) is 10.8. The van der Waals surface area contributed by atoms with Crippen LogP contribution in [-0.2, 0) is 4.74 Å². The number of hydrogen-bond donors (Lipinski definition) is 0. The molecule has 3 aromatic carbocycles. The molecule has 0 aromatic heterocycles. The van der Waals surface area contributed by atoms with E-state index in [1.807, 2.05) is 23.5 Å². The zero-order valence-corrected chi connectivity index (χ0v) is 19.3. The first kappa shape index (κ1) is 19.3. The molecule has 154 valence electrons. The van der Waals surface area contributed by atoms with Gasteiger partial charge in [-0.1, -0.05) is 80.2 Å². The molecule has 6 rings (SSSR count). The Balaban J connectivity index is 1.31. The van der Waals surface area contributed by atoms with Crippen LogP contribution in [0.4, 0.5) is 0 Å². The van der Waals surface area contributed by atoms with Gasteiger partial charge in [0.2, 0.25) is 0 Å². The summed E-state index contributed by atoms with van der Waals surface area (Å²) in [7, 11) is 0. The van der Waals surface area contributed by atoms with Gasteiger partial charge in [-0.15, -0.1) is 11.8 Å². The van der Waals surface area contributed by atoms with Crippen molar-refractivity contribution in [2.45, 2.75) is 54.4 Å². The fourth-order valence-corrected chi connectivity index (χ4v) is 9.22. The van der Waals surface area contributed by atoms with E-state index in [9.17, 15) is 0 Å². The maximum atomic E-state index is 6.87. The molecule has 4 atom stereocenters. The predicted molar refractivity (Wildman–Crippen MR) is 128 cm³/mol. The van der Waals surface area contributed by atoms with Crippen LogP contribution in [0.1, 0.15) is 44.1 Å². The summed E-state index contributed by atoms with van der Waals surface area (Å²) in [5, 5.41) is 2.63. The average molecular weight is 433 g/mol. The summed E-state index contributed by atoms with van der Waals surface area (Å²) in [5.74, 6) is 2.07. The highest BCUT2D eigenvalue weighted by Gasteiger charge is 2.66. The van der Waals surface area contributed by atoms with Crippen LogP contribution in [0.15, 0.2) is 76.5 Å². The van der Waals surface area contributed by atoms with E-state index in [0.717, 1.165) is 5.92 Å². The summed E-state index contributed by atoms with van der Waals surface area (Å²) in [6, 6.07) is 24.2. The number of ether oxygens (including phenoxy) is 1. The minimum Gasteiger partial charge on any atom is -0.359 e. The van der Waals surface area contributed by atoms with Gasteiger partial charge < -0.3 is 4.74 Å². The molecule has 3 aliphatic rings. The maximum absolute atomic E-state index is 6.87. The van der Waals surface area contributed by atoms with Gasteiger partial charge in [-0.05, 0) is 53.5 Å². The Morgan fingerprint density at radius 2 is 1.70 bits per heavy atom. The summed E-state index contributed by atoms with van der Waals surface area (Å²) >= 11 is 3.92.